The highest BCUT2D eigenvalue weighted by molar-refractivity contribution is 5.94. The molecule has 160 valence electrons. The number of aliphatic carboxylic acids is 1. The van der Waals surface area contributed by atoms with Crippen molar-refractivity contribution in [1.82, 2.24) is 15.5 Å². The maximum Gasteiger partial charge on any atom is 0.326 e. The Morgan fingerprint density at radius 2 is 1.86 bits per heavy atom. The first kappa shape index (κ1) is 23.8. The van der Waals surface area contributed by atoms with Gasteiger partial charge in [-0.1, -0.05) is 0 Å². The first-order chi connectivity index (χ1) is 13.2. The quantitative estimate of drug-likeness (QED) is 0.205. The van der Waals surface area contributed by atoms with E-state index in [1.54, 1.807) is 0 Å². The van der Waals surface area contributed by atoms with Crippen LogP contribution in [-0.4, -0.2) is 82.7 Å². The number of nitrogens with zero attached hydrogens (tertiary/aromatic N) is 1. The van der Waals surface area contributed by atoms with Gasteiger partial charge in [0.1, 0.15) is 24.2 Å². The van der Waals surface area contributed by atoms with Crippen LogP contribution in [0.3, 0.4) is 0 Å². The lowest BCUT2D eigenvalue weighted by Crippen LogP contribution is -2.56. The third-order valence-corrected chi connectivity index (χ3v) is 4.67. The summed E-state index contributed by atoms with van der Waals surface area (Å²) in [7, 11) is 0. The van der Waals surface area contributed by atoms with Crippen LogP contribution < -0.4 is 22.1 Å². The Bertz CT molecular complexity index is 572. The summed E-state index contributed by atoms with van der Waals surface area (Å²) >= 11 is 0. The van der Waals surface area contributed by atoms with Crippen LogP contribution in [0.4, 0.5) is 0 Å². The highest BCUT2D eigenvalue weighted by atomic mass is 16.4. The van der Waals surface area contributed by atoms with Crippen molar-refractivity contribution in [3.8, 4) is 0 Å². The van der Waals surface area contributed by atoms with Gasteiger partial charge in [-0.2, -0.15) is 0 Å². The summed E-state index contributed by atoms with van der Waals surface area (Å²) in [4.78, 5) is 49.7. The van der Waals surface area contributed by atoms with E-state index in [1.165, 1.54) is 11.8 Å². The van der Waals surface area contributed by atoms with Gasteiger partial charge in [0.15, 0.2) is 0 Å². The van der Waals surface area contributed by atoms with Gasteiger partial charge in [0.2, 0.25) is 17.7 Å². The maximum absolute atomic E-state index is 12.9. The number of likely N-dealkylation sites (tertiary alicyclic amines) is 1. The van der Waals surface area contributed by atoms with Gasteiger partial charge in [-0.15, -0.1) is 0 Å². The van der Waals surface area contributed by atoms with Gasteiger partial charge in [-0.25, -0.2) is 4.79 Å². The van der Waals surface area contributed by atoms with Gasteiger partial charge < -0.3 is 37.2 Å². The van der Waals surface area contributed by atoms with Crippen molar-refractivity contribution in [3.05, 3.63) is 0 Å². The number of rotatable bonds is 11. The number of amides is 3. The fraction of sp³-hybridized carbons (Fsp3) is 0.765. The molecule has 0 radical (unpaired) electrons. The molecule has 1 fully saturated rings. The van der Waals surface area contributed by atoms with Gasteiger partial charge in [0, 0.05) is 6.54 Å². The van der Waals surface area contributed by atoms with E-state index < -0.39 is 54.5 Å². The van der Waals surface area contributed by atoms with Crippen molar-refractivity contribution < 1.29 is 29.4 Å². The Morgan fingerprint density at radius 1 is 1.18 bits per heavy atom. The number of hydrogen-bond donors (Lipinski definition) is 6. The summed E-state index contributed by atoms with van der Waals surface area (Å²) in [6.07, 6.45) is 2.49. The largest absolute Gasteiger partial charge is 0.480 e. The molecular weight excluding hydrogens is 370 g/mol. The Kier molecular flexibility index (Phi) is 9.83. The average molecular weight is 401 g/mol. The topological polar surface area (TPSA) is 188 Å². The minimum atomic E-state index is -1.15. The van der Waals surface area contributed by atoms with E-state index in [1.807, 2.05) is 0 Å². The molecule has 0 aromatic heterocycles. The molecule has 1 aliphatic heterocycles. The zero-order valence-electron chi connectivity index (χ0n) is 16.1. The Hall–Kier alpha value is -2.24. The van der Waals surface area contributed by atoms with Crippen molar-refractivity contribution in [2.45, 2.75) is 63.2 Å². The highest BCUT2D eigenvalue weighted by Crippen LogP contribution is 2.19. The lowest BCUT2D eigenvalue weighted by molar-refractivity contribution is -0.149. The number of aliphatic hydroxyl groups is 1. The smallest absolute Gasteiger partial charge is 0.326 e. The van der Waals surface area contributed by atoms with Crippen LogP contribution in [0.15, 0.2) is 0 Å². The summed E-state index contributed by atoms with van der Waals surface area (Å²) in [6.45, 7) is 1.61. The molecule has 0 aliphatic carbocycles. The number of nitrogens with one attached hydrogen (secondary N) is 2. The van der Waals surface area contributed by atoms with Gasteiger partial charge in [0.05, 0.1) is 6.61 Å². The molecule has 0 saturated carbocycles. The molecule has 1 heterocycles. The predicted octanol–water partition coefficient (Wildman–Crippen LogP) is -2.50. The molecule has 1 saturated heterocycles. The molecule has 0 spiro atoms. The summed E-state index contributed by atoms with van der Waals surface area (Å²) in [5.41, 5.74) is 10.9. The molecule has 28 heavy (non-hydrogen) atoms. The summed E-state index contributed by atoms with van der Waals surface area (Å²) in [5.74, 6) is -2.82. The van der Waals surface area contributed by atoms with Crippen molar-refractivity contribution in [2.24, 2.45) is 11.5 Å². The lowest BCUT2D eigenvalue weighted by Gasteiger charge is -2.28. The molecule has 0 aromatic carbocycles. The number of carbonyl (C=O) groups is 4. The zero-order valence-corrected chi connectivity index (χ0v) is 16.1. The van der Waals surface area contributed by atoms with Crippen LogP contribution in [0.25, 0.3) is 0 Å². The number of carboxylic acid groups (broad SMARTS) is 1. The Labute approximate surface area is 163 Å². The number of carboxylic acids is 1. The van der Waals surface area contributed by atoms with Crippen molar-refractivity contribution >= 4 is 23.7 Å². The van der Waals surface area contributed by atoms with Gasteiger partial charge in [-0.3, -0.25) is 14.4 Å². The summed E-state index contributed by atoms with van der Waals surface area (Å²) in [6, 6.07) is -3.95. The monoisotopic (exact) mass is 401 g/mol. The minimum absolute atomic E-state index is 0.307. The van der Waals surface area contributed by atoms with E-state index in [2.05, 4.69) is 10.6 Å². The SMILES string of the molecule is CC(NC(=O)C(N)CO)C(=O)NC(CCCCN)C(=O)N1CCCC1C(=O)O. The van der Waals surface area contributed by atoms with Crippen molar-refractivity contribution in [3.63, 3.8) is 0 Å². The van der Waals surface area contributed by atoms with E-state index in [0.29, 0.717) is 45.2 Å². The van der Waals surface area contributed by atoms with Gasteiger partial charge in [0.25, 0.3) is 0 Å². The molecule has 4 atom stereocenters. The number of carbonyl (C=O) groups excluding carboxylic acids is 3. The average Bonchev–Trinajstić information content (AvgIpc) is 3.15. The van der Waals surface area contributed by atoms with Crippen LogP contribution in [0.1, 0.15) is 39.0 Å². The second-order valence-corrected chi connectivity index (χ2v) is 6.89. The Balaban J connectivity index is 2.80. The number of hydrogen-bond acceptors (Lipinski definition) is 7. The fourth-order valence-electron chi connectivity index (χ4n) is 3.00. The predicted molar refractivity (Wildman–Crippen MR) is 99.9 cm³/mol. The van der Waals surface area contributed by atoms with Crippen molar-refractivity contribution in [2.75, 3.05) is 19.7 Å². The molecular formula is C17H31N5O6. The van der Waals surface area contributed by atoms with E-state index in [-0.39, 0.29) is 0 Å². The van der Waals surface area contributed by atoms with E-state index >= 15 is 0 Å². The van der Waals surface area contributed by atoms with Crippen molar-refractivity contribution in [1.29, 1.82) is 0 Å². The molecule has 11 heteroatoms. The number of nitrogens with two attached hydrogens (primary N) is 2. The third kappa shape index (κ3) is 6.73. The number of aliphatic hydroxyl groups excluding tert-OH is 1. The van der Waals surface area contributed by atoms with E-state index in [0.717, 1.165) is 0 Å². The first-order valence-corrected chi connectivity index (χ1v) is 9.43. The molecule has 0 aromatic rings. The van der Waals surface area contributed by atoms with Crippen LogP contribution in [0, 0.1) is 0 Å². The van der Waals surface area contributed by atoms with Crippen LogP contribution >= 0.6 is 0 Å². The molecule has 3 amide bonds. The molecule has 0 bridgehead atoms. The van der Waals surface area contributed by atoms with Gasteiger partial charge in [-0.05, 0) is 45.6 Å². The molecule has 11 nitrogen and oxygen atoms in total. The van der Waals surface area contributed by atoms with Crippen LogP contribution in [-0.2, 0) is 19.2 Å². The van der Waals surface area contributed by atoms with Crippen LogP contribution in [0.5, 0.6) is 0 Å². The second kappa shape index (κ2) is 11.6. The molecule has 8 N–H and O–H groups in total. The first-order valence-electron chi connectivity index (χ1n) is 9.43. The summed E-state index contributed by atoms with van der Waals surface area (Å²) in [5, 5.41) is 23.1. The summed E-state index contributed by atoms with van der Waals surface area (Å²) < 4.78 is 0. The third-order valence-electron chi connectivity index (χ3n) is 4.67. The molecule has 1 aliphatic rings. The number of unbranched alkanes of at least 4 members (excludes halogenated alkanes) is 1. The Morgan fingerprint density at radius 3 is 2.43 bits per heavy atom. The standard InChI is InChI=1S/C17H31N5O6/c1-10(20-15(25)11(19)9-23)14(24)21-12(5-2-3-7-18)16(26)22-8-4-6-13(22)17(27)28/h10-13,23H,2-9,18-19H2,1H3,(H,20,25)(H,21,24)(H,27,28). The minimum Gasteiger partial charge on any atom is -0.480 e. The van der Waals surface area contributed by atoms with E-state index in [9.17, 15) is 24.3 Å². The van der Waals surface area contributed by atoms with E-state index in [4.69, 9.17) is 16.6 Å². The lowest BCUT2D eigenvalue weighted by atomic mass is 10.1. The second-order valence-electron chi connectivity index (χ2n) is 6.89. The fourth-order valence-corrected chi connectivity index (χ4v) is 3.00. The normalized spacial score (nSPS) is 19.6. The molecule has 1 rings (SSSR count). The van der Waals surface area contributed by atoms with Crippen LogP contribution in [0.2, 0.25) is 0 Å². The maximum atomic E-state index is 12.9. The zero-order chi connectivity index (χ0) is 21.3. The molecule has 4 unspecified atom stereocenters. The van der Waals surface area contributed by atoms with Gasteiger partial charge >= 0.3 is 5.97 Å². The highest BCUT2D eigenvalue weighted by Gasteiger charge is 2.37.